The summed E-state index contributed by atoms with van der Waals surface area (Å²) in [6.07, 6.45) is 1.14. The Bertz CT molecular complexity index is 453. The van der Waals surface area contributed by atoms with Gasteiger partial charge in [-0.25, -0.2) is 4.39 Å². The molecule has 0 spiro atoms. The maximum absolute atomic E-state index is 13.0. The van der Waals surface area contributed by atoms with Crippen molar-refractivity contribution >= 4 is 18.5 Å². The topological polar surface area (TPSA) is 38.3 Å². The van der Waals surface area contributed by atoms with Gasteiger partial charge in [0.1, 0.15) is 5.82 Å². The van der Waals surface area contributed by atoms with Crippen molar-refractivity contribution in [1.29, 1.82) is 0 Å². The number of halogens is 1. The Morgan fingerprint density at radius 1 is 1.61 bits per heavy atom. The normalized spacial score (nSPS) is 23.1. The summed E-state index contributed by atoms with van der Waals surface area (Å²) >= 11 is 3.96. The molecule has 1 fully saturated rings. The first-order valence-electron chi connectivity index (χ1n) is 5.96. The first-order chi connectivity index (χ1) is 8.58. The minimum Gasteiger partial charge on any atom is -0.378 e. The summed E-state index contributed by atoms with van der Waals surface area (Å²) in [5.74, 6) is -0.276. The average Bonchev–Trinajstić information content (AvgIpc) is 2.75. The Labute approximate surface area is 111 Å². The second kappa shape index (κ2) is 5.71. The van der Waals surface area contributed by atoms with E-state index in [0.717, 1.165) is 13.0 Å². The Morgan fingerprint density at radius 2 is 2.39 bits per heavy atom. The second-order valence-corrected chi connectivity index (χ2v) is 4.98. The number of carbonyl (C=O) groups excluding carboxylic acids is 1. The first kappa shape index (κ1) is 13.4. The molecule has 18 heavy (non-hydrogen) atoms. The van der Waals surface area contributed by atoms with Crippen molar-refractivity contribution < 1.29 is 13.9 Å². The lowest BCUT2D eigenvalue weighted by Gasteiger charge is -2.14. The smallest absolute Gasteiger partial charge is 0.251 e. The summed E-state index contributed by atoms with van der Waals surface area (Å²) in [5.41, 5.74) is 0.424. The molecule has 0 bridgehead atoms. The summed E-state index contributed by atoms with van der Waals surface area (Å²) in [5, 5.41) is 2.84. The lowest BCUT2D eigenvalue weighted by atomic mass is 10.0. The number of ether oxygens (including phenoxy) is 1. The Morgan fingerprint density at radius 3 is 3.00 bits per heavy atom. The van der Waals surface area contributed by atoms with Crippen molar-refractivity contribution in [2.24, 2.45) is 5.92 Å². The van der Waals surface area contributed by atoms with Gasteiger partial charge in [0.15, 0.2) is 0 Å². The van der Waals surface area contributed by atoms with Crippen molar-refractivity contribution in [1.82, 2.24) is 5.32 Å². The molecule has 2 unspecified atom stereocenters. The largest absolute Gasteiger partial charge is 0.378 e. The number of rotatable bonds is 3. The van der Waals surface area contributed by atoms with Crippen LogP contribution in [0.4, 0.5) is 4.39 Å². The van der Waals surface area contributed by atoms with E-state index >= 15 is 0 Å². The molecule has 1 aliphatic rings. The highest BCUT2D eigenvalue weighted by Crippen LogP contribution is 2.19. The zero-order valence-corrected chi connectivity index (χ0v) is 11.0. The first-order valence-corrected chi connectivity index (χ1v) is 6.41. The van der Waals surface area contributed by atoms with Crippen molar-refractivity contribution in [2.45, 2.75) is 24.3 Å². The molecule has 3 nitrogen and oxygen atoms in total. The minimum absolute atomic E-state index is 0.180. The van der Waals surface area contributed by atoms with Crippen LogP contribution in [0.15, 0.2) is 23.1 Å². The van der Waals surface area contributed by atoms with E-state index in [1.807, 2.05) is 6.92 Å². The van der Waals surface area contributed by atoms with Crippen LogP contribution in [0.5, 0.6) is 0 Å². The third kappa shape index (κ3) is 3.03. The molecule has 1 saturated heterocycles. The van der Waals surface area contributed by atoms with E-state index in [1.165, 1.54) is 18.2 Å². The third-order valence-corrected chi connectivity index (χ3v) is 3.61. The van der Waals surface area contributed by atoms with Crippen LogP contribution in [0, 0.1) is 11.7 Å². The van der Waals surface area contributed by atoms with Gasteiger partial charge >= 0.3 is 0 Å². The van der Waals surface area contributed by atoms with Crippen molar-refractivity contribution in [3.8, 4) is 0 Å². The molecule has 2 atom stereocenters. The van der Waals surface area contributed by atoms with Crippen molar-refractivity contribution in [3.05, 3.63) is 29.6 Å². The van der Waals surface area contributed by atoms with Crippen LogP contribution < -0.4 is 5.32 Å². The number of nitrogens with one attached hydrogen (secondary N) is 1. The van der Waals surface area contributed by atoms with Crippen LogP contribution in [0.1, 0.15) is 23.7 Å². The van der Waals surface area contributed by atoms with Gasteiger partial charge in [0.05, 0.1) is 6.10 Å². The Kier molecular flexibility index (Phi) is 4.24. The lowest BCUT2D eigenvalue weighted by molar-refractivity contribution is 0.0907. The zero-order chi connectivity index (χ0) is 13.1. The fourth-order valence-electron chi connectivity index (χ4n) is 2.02. The van der Waals surface area contributed by atoms with E-state index in [0.29, 0.717) is 18.0 Å². The van der Waals surface area contributed by atoms with Gasteiger partial charge in [-0.3, -0.25) is 4.79 Å². The quantitative estimate of drug-likeness (QED) is 0.826. The molecule has 0 radical (unpaired) electrons. The molecule has 1 amide bonds. The van der Waals surface area contributed by atoms with E-state index in [2.05, 4.69) is 17.9 Å². The molecule has 1 aliphatic heterocycles. The zero-order valence-electron chi connectivity index (χ0n) is 10.1. The highest BCUT2D eigenvalue weighted by Gasteiger charge is 2.24. The number of carbonyl (C=O) groups is 1. The molecular weight excluding hydrogens is 253 g/mol. The molecular formula is C13H16FNO2S. The monoisotopic (exact) mass is 269 g/mol. The highest BCUT2D eigenvalue weighted by molar-refractivity contribution is 7.80. The van der Waals surface area contributed by atoms with E-state index in [4.69, 9.17) is 4.74 Å². The summed E-state index contributed by atoms with van der Waals surface area (Å²) < 4.78 is 18.4. The molecule has 1 heterocycles. The third-order valence-electron chi connectivity index (χ3n) is 3.27. The number of hydrogen-bond donors (Lipinski definition) is 2. The molecule has 5 heteroatoms. The predicted molar refractivity (Wildman–Crippen MR) is 69.5 cm³/mol. The standard InChI is InChI=1S/C13H16FNO2S/c1-8-10(4-5-17-8)7-15-13(16)9-2-3-11(14)12(18)6-9/h2-3,6,8,10,18H,4-5,7H2,1H3,(H,15,16). The van der Waals surface area contributed by atoms with Gasteiger partial charge in [0.25, 0.3) is 5.91 Å². The maximum atomic E-state index is 13.0. The number of hydrogen-bond acceptors (Lipinski definition) is 3. The second-order valence-electron chi connectivity index (χ2n) is 4.50. The highest BCUT2D eigenvalue weighted by atomic mass is 32.1. The average molecular weight is 269 g/mol. The maximum Gasteiger partial charge on any atom is 0.251 e. The van der Waals surface area contributed by atoms with Crippen LogP contribution in [0.25, 0.3) is 0 Å². The summed E-state index contributed by atoms with van der Waals surface area (Å²) in [7, 11) is 0. The SMILES string of the molecule is CC1OCCC1CNC(=O)c1ccc(F)c(S)c1. The summed E-state index contributed by atoms with van der Waals surface area (Å²) in [4.78, 5) is 12.0. The van der Waals surface area contributed by atoms with Gasteiger partial charge in [0, 0.05) is 29.5 Å². The van der Waals surface area contributed by atoms with Crippen LogP contribution in [0.2, 0.25) is 0 Å². The molecule has 2 rings (SSSR count). The molecule has 0 saturated carbocycles. The predicted octanol–water partition coefficient (Wildman–Crippen LogP) is 2.27. The van der Waals surface area contributed by atoms with Crippen molar-refractivity contribution in [2.75, 3.05) is 13.2 Å². The molecule has 1 N–H and O–H groups in total. The molecule has 0 aromatic heterocycles. The molecule has 1 aromatic rings. The number of thiol groups is 1. The number of benzene rings is 1. The summed E-state index contributed by atoms with van der Waals surface area (Å²) in [6.45, 7) is 3.34. The van der Waals surface area contributed by atoms with Crippen LogP contribution in [-0.4, -0.2) is 25.2 Å². The fraction of sp³-hybridized carbons (Fsp3) is 0.462. The van der Waals surface area contributed by atoms with Crippen LogP contribution in [-0.2, 0) is 4.74 Å². The van der Waals surface area contributed by atoms with Gasteiger partial charge in [-0.15, -0.1) is 12.6 Å². The fourth-order valence-corrected chi connectivity index (χ4v) is 2.24. The summed E-state index contributed by atoms with van der Waals surface area (Å²) in [6, 6.07) is 4.14. The van der Waals surface area contributed by atoms with Crippen LogP contribution in [0.3, 0.4) is 0 Å². The van der Waals surface area contributed by atoms with E-state index in [-0.39, 0.29) is 16.9 Å². The van der Waals surface area contributed by atoms with Crippen LogP contribution >= 0.6 is 12.6 Å². The van der Waals surface area contributed by atoms with Gasteiger partial charge in [-0.2, -0.15) is 0 Å². The van der Waals surface area contributed by atoms with Gasteiger partial charge in [-0.05, 0) is 31.5 Å². The molecule has 1 aromatic carbocycles. The Balaban J connectivity index is 1.93. The van der Waals surface area contributed by atoms with E-state index in [1.54, 1.807) is 0 Å². The van der Waals surface area contributed by atoms with E-state index in [9.17, 15) is 9.18 Å². The molecule has 0 aliphatic carbocycles. The van der Waals surface area contributed by atoms with Gasteiger partial charge < -0.3 is 10.1 Å². The Hall–Kier alpha value is -1.07. The molecule has 98 valence electrons. The van der Waals surface area contributed by atoms with Crippen molar-refractivity contribution in [3.63, 3.8) is 0 Å². The van der Waals surface area contributed by atoms with Gasteiger partial charge in [-0.1, -0.05) is 0 Å². The minimum atomic E-state index is -0.423. The number of amides is 1. The lowest BCUT2D eigenvalue weighted by Crippen LogP contribution is -2.31. The van der Waals surface area contributed by atoms with Gasteiger partial charge in [0.2, 0.25) is 0 Å². The van der Waals surface area contributed by atoms with E-state index < -0.39 is 5.82 Å².